The van der Waals surface area contributed by atoms with Gasteiger partial charge in [0.25, 0.3) is 10.0 Å². The molecule has 31 heavy (non-hydrogen) atoms. The third-order valence-electron chi connectivity index (χ3n) is 5.63. The zero-order valence-electron chi connectivity index (χ0n) is 17.6. The largest absolute Gasteiger partial charge is 0.353 e. The van der Waals surface area contributed by atoms with E-state index >= 15 is 0 Å². The predicted molar refractivity (Wildman–Crippen MR) is 120 cm³/mol. The van der Waals surface area contributed by atoms with Crippen LogP contribution >= 0.6 is 0 Å². The monoisotopic (exact) mass is 441 g/mol. The Balaban J connectivity index is 1.51. The minimum atomic E-state index is -3.63. The number of nitrogens with zero attached hydrogens (tertiary/aromatic N) is 4. The Bertz CT molecular complexity index is 1060. The van der Waals surface area contributed by atoms with Gasteiger partial charge in [0.2, 0.25) is 5.91 Å². The van der Waals surface area contributed by atoms with E-state index in [2.05, 4.69) is 26.5 Å². The second-order valence-corrected chi connectivity index (χ2v) is 9.39. The fraction of sp³-hybridized carbons (Fsp3) is 0.409. The summed E-state index contributed by atoms with van der Waals surface area (Å²) >= 11 is 0. The van der Waals surface area contributed by atoms with E-state index in [0.29, 0.717) is 38.2 Å². The Kier molecular flexibility index (Phi) is 6.22. The predicted octanol–water partition coefficient (Wildman–Crippen LogP) is 2.03. The van der Waals surface area contributed by atoms with Crippen molar-refractivity contribution in [2.45, 2.75) is 37.1 Å². The zero-order valence-corrected chi connectivity index (χ0v) is 18.4. The normalized spacial score (nSPS) is 19.7. The minimum absolute atomic E-state index is 0.0507. The van der Waals surface area contributed by atoms with Crippen LogP contribution in [0.5, 0.6) is 0 Å². The molecule has 1 atom stereocenters. The van der Waals surface area contributed by atoms with Gasteiger partial charge in [-0.05, 0) is 30.7 Å². The number of carbonyl (C=O) groups excluding carboxylic acids is 1. The summed E-state index contributed by atoms with van der Waals surface area (Å²) in [7, 11) is -3.63. The van der Waals surface area contributed by atoms with Gasteiger partial charge in [-0.25, -0.2) is 13.4 Å². The van der Waals surface area contributed by atoms with Crippen molar-refractivity contribution in [1.29, 1.82) is 0 Å². The topological polar surface area (TPSA) is 95.0 Å². The molecule has 9 heteroatoms. The van der Waals surface area contributed by atoms with Crippen molar-refractivity contribution in [1.82, 2.24) is 14.6 Å². The van der Waals surface area contributed by atoms with Crippen LogP contribution in [0.15, 0.2) is 58.5 Å². The van der Waals surface area contributed by atoms with Crippen molar-refractivity contribution in [3.05, 3.63) is 54.2 Å². The van der Waals surface area contributed by atoms with Crippen molar-refractivity contribution >= 4 is 27.6 Å². The molecule has 0 saturated carbocycles. The van der Waals surface area contributed by atoms with E-state index in [1.165, 1.54) is 0 Å². The molecule has 2 aliphatic rings. The van der Waals surface area contributed by atoms with Crippen molar-refractivity contribution < 1.29 is 13.2 Å². The van der Waals surface area contributed by atoms with Crippen molar-refractivity contribution in [2.75, 3.05) is 31.1 Å². The van der Waals surface area contributed by atoms with Crippen LogP contribution in [0.25, 0.3) is 0 Å². The summed E-state index contributed by atoms with van der Waals surface area (Å²) in [5.41, 5.74) is 0.525. The number of carbonyl (C=O) groups is 1. The molecule has 8 nitrogen and oxygen atoms in total. The first-order valence-electron chi connectivity index (χ1n) is 10.6. The van der Waals surface area contributed by atoms with Gasteiger partial charge < -0.3 is 9.80 Å². The summed E-state index contributed by atoms with van der Waals surface area (Å²) in [5.74, 6) is 1.12. The van der Waals surface area contributed by atoms with Crippen molar-refractivity contribution in [3.63, 3.8) is 0 Å². The Labute approximate surface area is 183 Å². The number of benzene rings is 1. The van der Waals surface area contributed by atoms with E-state index in [4.69, 9.17) is 0 Å². The number of amides is 1. The number of nitrogens with one attached hydrogen (secondary N) is 1. The number of sulfonamides is 1. The molecular formula is C22H27N5O3S. The number of piperazine rings is 1. The third kappa shape index (κ3) is 4.56. The number of pyridine rings is 1. The summed E-state index contributed by atoms with van der Waals surface area (Å²) in [4.78, 5) is 26.5. The number of aromatic nitrogens is 1. The van der Waals surface area contributed by atoms with Crippen LogP contribution in [0, 0.1) is 0 Å². The number of hydrogen-bond donors (Lipinski definition) is 1. The van der Waals surface area contributed by atoms with Crippen LogP contribution in [-0.4, -0.2) is 62.3 Å². The average Bonchev–Trinajstić information content (AvgIpc) is 3.07. The van der Waals surface area contributed by atoms with Crippen LogP contribution in [0.1, 0.15) is 31.7 Å². The number of anilines is 1. The first-order valence-corrected chi connectivity index (χ1v) is 12.1. The van der Waals surface area contributed by atoms with Gasteiger partial charge in [0.15, 0.2) is 0 Å². The highest BCUT2D eigenvalue weighted by Crippen LogP contribution is 2.24. The van der Waals surface area contributed by atoms with Gasteiger partial charge in [0, 0.05) is 37.9 Å². The molecule has 4 rings (SSSR count). The number of fused-ring (bicyclic) bond motifs is 1. The van der Waals surface area contributed by atoms with Crippen molar-refractivity contribution in [3.8, 4) is 0 Å². The number of amidine groups is 1. The van der Waals surface area contributed by atoms with E-state index in [0.717, 1.165) is 18.7 Å². The van der Waals surface area contributed by atoms with Gasteiger partial charge >= 0.3 is 0 Å². The molecule has 0 spiro atoms. The fourth-order valence-corrected chi connectivity index (χ4v) is 5.17. The lowest BCUT2D eigenvalue weighted by Crippen LogP contribution is -2.51. The minimum Gasteiger partial charge on any atom is -0.353 e. The SMILES string of the molecule is CCCCC(N=C1NS(=O)(=O)c2ccccc21)C(=O)N1CCN(c2ccccn2)CC1. The summed E-state index contributed by atoms with van der Waals surface area (Å²) in [6, 6.07) is 11.9. The standard InChI is InChI=1S/C22H27N5O3S/c1-2-3-9-18(24-21-17-8-4-5-10-19(17)31(29,30)25-21)22(28)27-15-13-26(14-16-27)20-11-6-7-12-23-20/h4-8,10-12,18H,2-3,9,13-16H2,1H3,(H,24,25). The Morgan fingerprint density at radius 2 is 1.87 bits per heavy atom. The number of hydrogen-bond acceptors (Lipinski definition) is 6. The van der Waals surface area contributed by atoms with E-state index in [1.807, 2.05) is 23.1 Å². The molecule has 1 aromatic heterocycles. The fourth-order valence-electron chi connectivity index (χ4n) is 3.93. The van der Waals surface area contributed by atoms with Crippen LogP contribution in [-0.2, 0) is 14.8 Å². The highest BCUT2D eigenvalue weighted by molar-refractivity contribution is 7.90. The zero-order chi connectivity index (χ0) is 21.8. The van der Waals surface area contributed by atoms with Gasteiger partial charge in [-0.3, -0.25) is 14.5 Å². The Morgan fingerprint density at radius 1 is 1.13 bits per heavy atom. The maximum atomic E-state index is 13.3. The number of unbranched alkanes of at least 4 members (excludes halogenated alkanes) is 1. The quantitative estimate of drug-likeness (QED) is 0.740. The lowest BCUT2D eigenvalue weighted by atomic mass is 10.1. The van der Waals surface area contributed by atoms with Crippen LogP contribution in [0.3, 0.4) is 0 Å². The first-order chi connectivity index (χ1) is 15.0. The van der Waals surface area contributed by atoms with E-state index < -0.39 is 16.1 Å². The summed E-state index contributed by atoms with van der Waals surface area (Å²) in [6.45, 7) is 4.65. The summed E-state index contributed by atoms with van der Waals surface area (Å²) in [5, 5.41) is 0. The lowest BCUT2D eigenvalue weighted by molar-refractivity contribution is -0.133. The van der Waals surface area contributed by atoms with Crippen LogP contribution in [0.2, 0.25) is 0 Å². The van der Waals surface area contributed by atoms with Gasteiger partial charge in [-0.2, -0.15) is 0 Å². The van der Waals surface area contributed by atoms with Crippen molar-refractivity contribution in [2.24, 2.45) is 4.99 Å². The van der Waals surface area contributed by atoms with Gasteiger partial charge in [-0.1, -0.05) is 38.0 Å². The summed E-state index contributed by atoms with van der Waals surface area (Å²) < 4.78 is 27.3. The highest BCUT2D eigenvalue weighted by Gasteiger charge is 2.33. The number of aliphatic imine (C=N–C) groups is 1. The maximum Gasteiger partial charge on any atom is 0.263 e. The first kappa shape index (κ1) is 21.3. The van der Waals surface area contributed by atoms with Gasteiger partial charge in [0.05, 0.1) is 4.90 Å². The number of rotatable bonds is 6. The lowest BCUT2D eigenvalue weighted by Gasteiger charge is -2.36. The van der Waals surface area contributed by atoms with Gasteiger partial charge in [0.1, 0.15) is 17.7 Å². The molecular weight excluding hydrogens is 414 g/mol. The molecule has 1 amide bonds. The molecule has 1 unspecified atom stereocenters. The average molecular weight is 442 g/mol. The third-order valence-corrected chi connectivity index (χ3v) is 7.03. The Hall–Kier alpha value is -2.94. The molecule has 1 fully saturated rings. The molecule has 3 heterocycles. The second kappa shape index (κ2) is 9.05. The molecule has 1 saturated heterocycles. The summed E-state index contributed by atoms with van der Waals surface area (Å²) in [6.07, 6.45) is 4.13. The molecule has 2 aromatic rings. The van der Waals surface area contributed by atoms with Gasteiger partial charge in [-0.15, -0.1) is 0 Å². The molecule has 0 bridgehead atoms. The van der Waals surface area contributed by atoms with E-state index in [1.54, 1.807) is 30.5 Å². The Morgan fingerprint density at radius 3 is 2.58 bits per heavy atom. The van der Waals surface area contributed by atoms with Crippen LogP contribution < -0.4 is 9.62 Å². The maximum absolute atomic E-state index is 13.3. The van der Waals surface area contributed by atoms with Crippen LogP contribution in [0.4, 0.5) is 5.82 Å². The van der Waals surface area contributed by atoms with E-state index in [-0.39, 0.29) is 16.6 Å². The smallest absolute Gasteiger partial charge is 0.263 e. The molecule has 2 aliphatic heterocycles. The molecule has 1 aromatic carbocycles. The van der Waals surface area contributed by atoms with E-state index in [9.17, 15) is 13.2 Å². The molecule has 0 aliphatic carbocycles. The highest BCUT2D eigenvalue weighted by atomic mass is 32.2. The molecule has 1 N–H and O–H groups in total. The molecule has 0 radical (unpaired) electrons. The molecule has 164 valence electrons. The second-order valence-electron chi connectivity index (χ2n) is 7.74.